The minimum Gasteiger partial charge on any atom is -0.291 e. The average molecular weight is 323 g/mol. The van der Waals surface area contributed by atoms with Crippen LogP contribution in [0.5, 0.6) is 0 Å². The highest BCUT2D eigenvalue weighted by Crippen LogP contribution is 2.31. The quantitative estimate of drug-likeness (QED) is 0.486. The third-order valence-corrected chi connectivity index (χ3v) is 4.05. The predicted molar refractivity (Wildman–Crippen MR) is 85.8 cm³/mol. The lowest BCUT2D eigenvalue weighted by Gasteiger charge is -2.06. The minimum absolute atomic E-state index is 0.875. The second kappa shape index (κ2) is 4.46. The number of aromatic nitrogens is 2. The lowest BCUT2D eigenvalue weighted by molar-refractivity contribution is 1.26. The van der Waals surface area contributed by atoms with Crippen LogP contribution < -0.4 is 0 Å². The van der Waals surface area contributed by atoms with Crippen molar-refractivity contribution >= 4 is 32.5 Å². The van der Waals surface area contributed by atoms with Crippen LogP contribution in [0.25, 0.3) is 27.8 Å². The van der Waals surface area contributed by atoms with Crippen molar-refractivity contribution in [2.75, 3.05) is 0 Å². The van der Waals surface area contributed by atoms with E-state index in [1.807, 2.05) is 18.2 Å². The van der Waals surface area contributed by atoms with Gasteiger partial charge in [-0.3, -0.25) is 4.40 Å². The maximum atomic E-state index is 4.62. The van der Waals surface area contributed by atoms with Gasteiger partial charge in [-0.2, -0.15) is 0 Å². The molecule has 0 fully saturated rings. The van der Waals surface area contributed by atoms with Crippen molar-refractivity contribution in [2.24, 2.45) is 0 Å². The Kier molecular flexibility index (Phi) is 2.60. The Labute approximate surface area is 124 Å². The molecule has 0 unspecified atom stereocenters. The maximum absolute atomic E-state index is 4.62. The SMILES string of the molecule is Brc1nc2ccc3ccccc3n2c1-c1ccccc1. The summed E-state index contributed by atoms with van der Waals surface area (Å²) in [5.74, 6) is 0. The van der Waals surface area contributed by atoms with Crippen molar-refractivity contribution in [3.63, 3.8) is 0 Å². The summed E-state index contributed by atoms with van der Waals surface area (Å²) in [4.78, 5) is 4.62. The summed E-state index contributed by atoms with van der Waals surface area (Å²) < 4.78 is 3.08. The molecule has 2 heterocycles. The van der Waals surface area contributed by atoms with Crippen LogP contribution in [0.3, 0.4) is 0 Å². The second-order valence-electron chi connectivity index (χ2n) is 4.70. The largest absolute Gasteiger partial charge is 0.291 e. The Balaban J connectivity index is 2.20. The number of benzene rings is 2. The van der Waals surface area contributed by atoms with Crippen molar-refractivity contribution in [1.82, 2.24) is 9.38 Å². The number of hydrogen-bond donors (Lipinski definition) is 0. The average Bonchev–Trinajstić information content (AvgIpc) is 2.84. The molecule has 2 aromatic carbocycles. The van der Waals surface area contributed by atoms with Gasteiger partial charge >= 0.3 is 0 Å². The first kappa shape index (κ1) is 11.7. The monoisotopic (exact) mass is 322 g/mol. The van der Waals surface area contributed by atoms with Crippen LogP contribution in [0.15, 0.2) is 71.3 Å². The molecule has 4 aromatic rings. The van der Waals surface area contributed by atoms with E-state index in [1.54, 1.807) is 0 Å². The molecule has 0 amide bonds. The van der Waals surface area contributed by atoms with Crippen LogP contribution >= 0.6 is 15.9 Å². The molecule has 0 spiro atoms. The summed E-state index contributed by atoms with van der Waals surface area (Å²) in [7, 11) is 0. The number of para-hydroxylation sites is 1. The third-order valence-electron chi connectivity index (χ3n) is 3.50. The Hall–Kier alpha value is -2.13. The summed E-state index contributed by atoms with van der Waals surface area (Å²) >= 11 is 3.60. The Bertz CT molecular complexity index is 910. The van der Waals surface area contributed by atoms with Crippen LogP contribution in [0.1, 0.15) is 0 Å². The summed E-state index contributed by atoms with van der Waals surface area (Å²) in [6, 6.07) is 22.9. The topological polar surface area (TPSA) is 17.3 Å². The molecule has 2 aromatic heterocycles. The van der Waals surface area contributed by atoms with E-state index in [0.717, 1.165) is 21.5 Å². The van der Waals surface area contributed by atoms with Gasteiger partial charge in [0.1, 0.15) is 10.3 Å². The normalized spacial score (nSPS) is 11.2. The molecule has 4 rings (SSSR count). The number of fused-ring (bicyclic) bond motifs is 3. The van der Waals surface area contributed by atoms with E-state index in [9.17, 15) is 0 Å². The van der Waals surface area contributed by atoms with Gasteiger partial charge in [-0.1, -0.05) is 48.5 Å². The smallest absolute Gasteiger partial charge is 0.139 e. The van der Waals surface area contributed by atoms with Crippen LogP contribution in [-0.2, 0) is 0 Å². The zero-order chi connectivity index (χ0) is 13.5. The molecule has 0 bridgehead atoms. The maximum Gasteiger partial charge on any atom is 0.139 e. The molecular formula is C17H11BrN2. The van der Waals surface area contributed by atoms with Crippen molar-refractivity contribution < 1.29 is 0 Å². The van der Waals surface area contributed by atoms with Gasteiger partial charge in [-0.25, -0.2) is 4.98 Å². The van der Waals surface area contributed by atoms with E-state index in [4.69, 9.17) is 0 Å². The van der Waals surface area contributed by atoms with Gasteiger partial charge in [0.15, 0.2) is 0 Å². The van der Waals surface area contributed by atoms with Crippen molar-refractivity contribution in [3.8, 4) is 11.3 Å². The molecule has 20 heavy (non-hydrogen) atoms. The number of nitrogens with zero attached hydrogens (tertiary/aromatic N) is 2. The van der Waals surface area contributed by atoms with Crippen molar-refractivity contribution in [2.45, 2.75) is 0 Å². The van der Waals surface area contributed by atoms with Crippen molar-refractivity contribution in [1.29, 1.82) is 0 Å². The van der Waals surface area contributed by atoms with E-state index in [-0.39, 0.29) is 0 Å². The zero-order valence-corrected chi connectivity index (χ0v) is 12.2. The first-order valence-electron chi connectivity index (χ1n) is 6.46. The molecule has 0 saturated heterocycles. The van der Waals surface area contributed by atoms with Gasteiger partial charge in [0.05, 0.1) is 11.2 Å². The van der Waals surface area contributed by atoms with Crippen molar-refractivity contribution in [3.05, 3.63) is 71.3 Å². The second-order valence-corrected chi connectivity index (χ2v) is 5.45. The fourth-order valence-electron chi connectivity index (χ4n) is 2.61. The van der Waals surface area contributed by atoms with E-state index in [1.165, 1.54) is 10.9 Å². The third kappa shape index (κ3) is 1.67. The van der Waals surface area contributed by atoms with E-state index >= 15 is 0 Å². The molecule has 0 radical (unpaired) electrons. The molecule has 0 saturated carbocycles. The lowest BCUT2D eigenvalue weighted by atomic mass is 10.1. The molecule has 96 valence electrons. The first-order valence-corrected chi connectivity index (χ1v) is 7.25. The van der Waals surface area contributed by atoms with Gasteiger partial charge in [0, 0.05) is 5.56 Å². The van der Waals surface area contributed by atoms with Gasteiger partial charge in [-0.15, -0.1) is 0 Å². The van der Waals surface area contributed by atoms with Gasteiger partial charge < -0.3 is 0 Å². The van der Waals surface area contributed by atoms with Gasteiger partial charge in [0.2, 0.25) is 0 Å². The van der Waals surface area contributed by atoms with E-state index < -0.39 is 0 Å². The van der Waals surface area contributed by atoms with Gasteiger partial charge in [-0.05, 0) is 39.5 Å². The Morgan fingerprint density at radius 1 is 0.800 bits per heavy atom. The fraction of sp³-hybridized carbons (Fsp3) is 0. The molecule has 0 N–H and O–H groups in total. The Morgan fingerprint density at radius 2 is 1.55 bits per heavy atom. The number of hydrogen-bond acceptors (Lipinski definition) is 1. The fourth-order valence-corrected chi connectivity index (χ4v) is 3.19. The molecule has 3 heteroatoms. The zero-order valence-electron chi connectivity index (χ0n) is 10.6. The summed E-state index contributed by atoms with van der Waals surface area (Å²) in [6.07, 6.45) is 0. The minimum atomic E-state index is 0.875. The highest BCUT2D eigenvalue weighted by molar-refractivity contribution is 9.10. The molecule has 2 nitrogen and oxygen atoms in total. The Morgan fingerprint density at radius 3 is 2.40 bits per heavy atom. The standard InChI is InChI=1S/C17H11BrN2/c18-17-16(13-7-2-1-3-8-13)20-14-9-5-4-6-12(14)10-11-15(20)19-17/h1-11H. The molecule has 0 atom stereocenters. The van der Waals surface area contributed by atoms with Crippen LogP contribution in [0.4, 0.5) is 0 Å². The van der Waals surface area contributed by atoms with Crippen LogP contribution in [-0.4, -0.2) is 9.38 Å². The predicted octanol–water partition coefficient (Wildman–Crippen LogP) is 4.92. The van der Waals surface area contributed by atoms with E-state index in [0.29, 0.717) is 0 Å². The molecule has 0 aliphatic rings. The van der Waals surface area contributed by atoms with Gasteiger partial charge in [0.25, 0.3) is 0 Å². The number of pyridine rings is 1. The number of imidazole rings is 1. The number of halogens is 1. The van der Waals surface area contributed by atoms with Crippen LogP contribution in [0.2, 0.25) is 0 Å². The molecule has 0 aliphatic carbocycles. The summed E-state index contributed by atoms with van der Waals surface area (Å²) in [6.45, 7) is 0. The highest BCUT2D eigenvalue weighted by Gasteiger charge is 2.13. The van der Waals surface area contributed by atoms with Crippen LogP contribution in [0, 0.1) is 0 Å². The first-order chi connectivity index (χ1) is 9.84. The lowest BCUT2D eigenvalue weighted by Crippen LogP contribution is -1.91. The summed E-state index contributed by atoms with van der Waals surface area (Å²) in [5.41, 5.74) is 4.37. The summed E-state index contributed by atoms with van der Waals surface area (Å²) in [5, 5.41) is 1.21. The molecular weight excluding hydrogens is 312 g/mol. The number of rotatable bonds is 1. The molecule has 0 aliphatic heterocycles. The van der Waals surface area contributed by atoms with E-state index in [2.05, 4.69) is 73.8 Å². The highest BCUT2D eigenvalue weighted by atomic mass is 79.9.